The van der Waals surface area contributed by atoms with Crippen LogP contribution in [0.3, 0.4) is 0 Å². The van der Waals surface area contributed by atoms with Crippen molar-refractivity contribution in [3.8, 4) is 0 Å². The van der Waals surface area contributed by atoms with E-state index in [-0.39, 0.29) is 10.9 Å². The Morgan fingerprint density at radius 3 is 1.73 bits per heavy atom. The van der Waals surface area contributed by atoms with Crippen molar-refractivity contribution >= 4 is 91.3 Å². The molecule has 0 aliphatic rings. The van der Waals surface area contributed by atoms with Crippen LogP contribution in [-0.4, -0.2) is 0 Å². The highest BCUT2D eigenvalue weighted by molar-refractivity contribution is 9.10. The first kappa shape index (κ1) is 17.7. The number of halogens is 1. The second kappa shape index (κ2) is 5.75. The van der Waals surface area contributed by atoms with E-state index < -0.39 is 0 Å². The van der Waals surface area contributed by atoms with Crippen LogP contribution in [0, 0.1) is 0 Å². The zero-order valence-corrected chi connectivity index (χ0v) is 18.8. The molecule has 8 rings (SSSR count). The Morgan fingerprint density at radius 2 is 0.970 bits per heavy atom. The van der Waals surface area contributed by atoms with Crippen molar-refractivity contribution in [3.05, 3.63) is 104 Å². The molecule has 33 heavy (non-hydrogen) atoms. The Hall–Kier alpha value is -3.82. The standard InChI is InChI=1S/C30H13BrO2/c31-28-19-11-12-20-24-22(15-5-1-3-7-17(15)29(20)32)13-14-9-10-21-26(23(14)25(19)24)27(28)16-6-2-4-8-18(16)30(21)33/h1-13H. The summed E-state index contributed by atoms with van der Waals surface area (Å²) in [6.07, 6.45) is 0. The summed E-state index contributed by atoms with van der Waals surface area (Å²) in [7, 11) is 0. The van der Waals surface area contributed by atoms with Crippen LogP contribution in [0.25, 0.3) is 75.4 Å². The van der Waals surface area contributed by atoms with E-state index in [0.29, 0.717) is 0 Å². The second-order valence-corrected chi connectivity index (χ2v) is 9.65. The third-order valence-electron chi connectivity index (χ3n) is 7.36. The lowest BCUT2D eigenvalue weighted by Gasteiger charge is -2.20. The van der Waals surface area contributed by atoms with Gasteiger partial charge in [-0.05, 0) is 71.8 Å². The molecule has 2 nitrogen and oxygen atoms in total. The fourth-order valence-corrected chi connectivity index (χ4v) is 6.76. The maximum Gasteiger partial charge on any atom is 0.194 e. The zero-order valence-electron chi connectivity index (χ0n) is 17.2. The summed E-state index contributed by atoms with van der Waals surface area (Å²) in [6.45, 7) is 0. The summed E-state index contributed by atoms with van der Waals surface area (Å²) in [6, 6.07) is 25.9. The fourth-order valence-electron chi connectivity index (χ4n) is 6.01. The van der Waals surface area contributed by atoms with Crippen molar-refractivity contribution in [2.24, 2.45) is 0 Å². The van der Waals surface area contributed by atoms with Crippen molar-refractivity contribution in [1.82, 2.24) is 0 Å². The lowest BCUT2D eigenvalue weighted by molar-refractivity contribution is 1.72. The molecule has 0 saturated carbocycles. The maximum atomic E-state index is 13.5. The molecule has 152 valence electrons. The van der Waals surface area contributed by atoms with E-state index in [1.807, 2.05) is 60.7 Å². The molecule has 0 aliphatic carbocycles. The maximum absolute atomic E-state index is 13.5. The summed E-state index contributed by atoms with van der Waals surface area (Å²) in [5.41, 5.74) is 0.109. The fraction of sp³-hybridized carbons (Fsp3) is 0. The Balaban J connectivity index is 1.84. The molecular weight excluding hydrogens is 472 g/mol. The lowest BCUT2D eigenvalue weighted by atomic mass is 9.84. The number of benzene rings is 8. The lowest BCUT2D eigenvalue weighted by Crippen LogP contribution is -2.06. The van der Waals surface area contributed by atoms with Gasteiger partial charge in [-0.2, -0.15) is 0 Å². The molecule has 3 heteroatoms. The minimum atomic E-state index is 0.0527. The van der Waals surface area contributed by atoms with E-state index >= 15 is 0 Å². The normalized spacial score (nSPS) is 12.6. The molecule has 0 amide bonds. The van der Waals surface area contributed by atoms with Crippen LogP contribution in [0.1, 0.15) is 0 Å². The van der Waals surface area contributed by atoms with Gasteiger partial charge in [0.25, 0.3) is 0 Å². The van der Waals surface area contributed by atoms with Crippen molar-refractivity contribution in [2.45, 2.75) is 0 Å². The third-order valence-corrected chi connectivity index (χ3v) is 8.18. The molecule has 0 fully saturated rings. The molecule has 0 unspecified atom stereocenters. The average molecular weight is 485 g/mol. The van der Waals surface area contributed by atoms with Gasteiger partial charge in [-0.25, -0.2) is 0 Å². The van der Waals surface area contributed by atoms with E-state index in [1.54, 1.807) is 0 Å². The van der Waals surface area contributed by atoms with Crippen LogP contribution in [0.4, 0.5) is 0 Å². The summed E-state index contributed by atoms with van der Waals surface area (Å²) in [5, 5.41) is 13.2. The Morgan fingerprint density at radius 1 is 0.424 bits per heavy atom. The monoisotopic (exact) mass is 484 g/mol. The highest BCUT2D eigenvalue weighted by Crippen LogP contribution is 2.48. The van der Waals surface area contributed by atoms with Gasteiger partial charge in [0.15, 0.2) is 10.9 Å². The van der Waals surface area contributed by atoms with Crippen molar-refractivity contribution < 1.29 is 0 Å². The highest BCUT2D eigenvalue weighted by atomic mass is 79.9. The van der Waals surface area contributed by atoms with Gasteiger partial charge in [-0.3, -0.25) is 9.59 Å². The smallest absolute Gasteiger partial charge is 0.194 e. The van der Waals surface area contributed by atoms with Gasteiger partial charge in [0.2, 0.25) is 0 Å². The number of fused-ring (bicyclic) bond motifs is 4. The van der Waals surface area contributed by atoms with Crippen molar-refractivity contribution in [3.63, 3.8) is 0 Å². The predicted octanol–water partition coefficient (Wildman–Crippen LogP) is 7.56. The topological polar surface area (TPSA) is 34.1 Å². The molecule has 0 aromatic heterocycles. The van der Waals surface area contributed by atoms with E-state index in [4.69, 9.17) is 0 Å². The predicted molar refractivity (Wildman–Crippen MR) is 143 cm³/mol. The van der Waals surface area contributed by atoms with Gasteiger partial charge in [-0.15, -0.1) is 0 Å². The summed E-state index contributed by atoms with van der Waals surface area (Å²) in [4.78, 5) is 26.9. The largest absolute Gasteiger partial charge is 0.289 e. The van der Waals surface area contributed by atoms with E-state index in [2.05, 4.69) is 34.1 Å². The molecule has 0 aliphatic heterocycles. The van der Waals surface area contributed by atoms with Crippen LogP contribution in [0.15, 0.2) is 92.9 Å². The Kier molecular flexibility index (Phi) is 3.08. The number of rotatable bonds is 0. The molecule has 0 atom stereocenters. The molecular formula is C30H13BrO2. The zero-order chi connectivity index (χ0) is 22.0. The molecule has 0 heterocycles. The van der Waals surface area contributed by atoms with Crippen LogP contribution in [-0.2, 0) is 0 Å². The van der Waals surface area contributed by atoms with E-state index in [1.165, 1.54) is 0 Å². The number of hydrogen-bond acceptors (Lipinski definition) is 2. The van der Waals surface area contributed by atoms with Gasteiger partial charge < -0.3 is 0 Å². The SMILES string of the molecule is O=c1c2ccccc2c2cc3ccc4c(=O)c5ccccc5c5c(Br)c6ccc1c2c6c3c45. The van der Waals surface area contributed by atoms with Crippen molar-refractivity contribution in [2.75, 3.05) is 0 Å². The Bertz CT molecular complexity index is 2230. The Labute approximate surface area is 194 Å². The third kappa shape index (κ3) is 1.92. The van der Waals surface area contributed by atoms with Gasteiger partial charge in [0.05, 0.1) is 0 Å². The van der Waals surface area contributed by atoms with Gasteiger partial charge in [0.1, 0.15) is 0 Å². The number of hydrogen-bond donors (Lipinski definition) is 0. The second-order valence-electron chi connectivity index (χ2n) is 8.86. The summed E-state index contributed by atoms with van der Waals surface area (Å²) in [5.74, 6) is 0. The molecule has 8 aromatic carbocycles. The van der Waals surface area contributed by atoms with Crippen LogP contribution in [0.2, 0.25) is 0 Å². The summed E-state index contributed by atoms with van der Waals surface area (Å²) < 4.78 is 0.971. The summed E-state index contributed by atoms with van der Waals surface area (Å²) >= 11 is 3.92. The van der Waals surface area contributed by atoms with Crippen LogP contribution >= 0.6 is 15.9 Å². The van der Waals surface area contributed by atoms with E-state index in [0.717, 1.165) is 79.9 Å². The molecule has 0 N–H and O–H groups in total. The van der Waals surface area contributed by atoms with Gasteiger partial charge in [0, 0.05) is 42.2 Å². The molecule has 8 aromatic rings. The minimum absolute atomic E-state index is 0.0527. The van der Waals surface area contributed by atoms with Gasteiger partial charge >= 0.3 is 0 Å². The minimum Gasteiger partial charge on any atom is -0.289 e. The molecule has 0 saturated heterocycles. The first-order valence-electron chi connectivity index (χ1n) is 10.9. The van der Waals surface area contributed by atoms with Crippen LogP contribution < -0.4 is 10.9 Å². The van der Waals surface area contributed by atoms with E-state index in [9.17, 15) is 9.59 Å². The van der Waals surface area contributed by atoms with Crippen molar-refractivity contribution in [1.29, 1.82) is 0 Å². The molecule has 0 radical (unpaired) electrons. The molecule has 0 spiro atoms. The quantitative estimate of drug-likeness (QED) is 0.164. The van der Waals surface area contributed by atoms with Gasteiger partial charge in [-0.1, -0.05) is 60.7 Å². The average Bonchev–Trinajstić information content (AvgIpc) is 2.86. The highest BCUT2D eigenvalue weighted by Gasteiger charge is 2.23. The van der Waals surface area contributed by atoms with Crippen LogP contribution in [0.5, 0.6) is 0 Å². The first-order valence-corrected chi connectivity index (χ1v) is 11.7. The molecule has 0 bridgehead atoms. The first-order chi connectivity index (χ1) is 16.1.